The molecule has 5 atom stereocenters. The number of amides is 2. The second-order valence-electron chi connectivity index (χ2n) is 8.49. The summed E-state index contributed by atoms with van der Waals surface area (Å²) in [6.07, 6.45) is 4.67. The van der Waals surface area contributed by atoms with E-state index in [-0.39, 0.29) is 29.7 Å². The van der Waals surface area contributed by atoms with Gasteiger partial charge in [0.25, 0.3) is 0 Å². The summed E-state index contributed by atoms with van der Waals surface area (Å²) in [4.78, 5) is 44.2. The summed E-state index contributed by atoms with van der Waals surface area (Å²) in [6, 6.07) is 13.7. The Balaban J connectivity index is 1.66. The van der Waals surface area contributed by atoms with Crippen LogP contribution in [0.5, 0.6) is 0 Å². The second-order valence-corrected chi connectivity index (χ2v) is 9.41. The van der Waals surface area contributed by atoms with Crippen molar-refractivity contribution in [3.8, 4) is 0 Å². The third kappa shape index (κ3) is 2.92. The molecule has 0 spiro atoms. The molecule has 31 heavy (non-hydrogen) atoms. The highest BCUT2D eigenvalue weighted by Gasteiger charge is 2.64. The fraction of sp³-hybridized carbons (Fsp3) is 0.320. The van der Waals surface area contributed by atoms with E-state index in [2.05, 4.69) is 15.9 Å². The average molecular weight is 479 g/mol. The number of fused-ring (bicyclic) bond motifs is 5. The van der Waals surface area contributed by atoms with Gasteiger partial charge in [-0.3, -0.25) is 19.3 Å². The maximum absolute atomic E-state index is 13.8. The molecule has 0 aliphatic carbocycles. The molecule has 158 valence electrons. The summed E-state index contributed by atoms with van der Waals surface area (Å²) in [5.41, 5.74) is 2.41. The van der Waals surface area contributed by atoms with E-state index in [9.17, 15) is 14.4 Å². The molecule has 3 heterocycles. The summed E-state index contributed by atoms with van der Waals surface area (Å²) in [5.74, 6) is -1.73. The number of nitrogens with zero attached hydrogens (tertiary/aromatic N) is 2. The van der Waals surface area contributed by atoms with Gasteiger partial charge >= 0.3 is 0 Å². The number of carbonyl (C=O) groups excluding carboxylic acids is 3. The van der Waals surface area contributed by atoms with Crippen molar-refractivity contribution in [2.24, 2.45) is 11.8 Å². The average Bonchev–Trinajstić information content (AvgIpc) is 3.26. The van der Waals surface area contributed by atoms with Crippen molar-refractivity contribution in [2.75, 3.05) is 4.90 Å². The second kappa shape index (κ2) is 7.45. The number of anilines is 1. The van der Waals surface area contributed by atoms with E-state index >= 15 is 0 Å². The lowest BCUT2D eigenvalue weighted by atomic mass is 9.86. The van der Waals surface area contributed by atoms with E-state index in [0.29, 0.717) is 12.0 Å². The molecule has 5 unspecified atom stereocenters. The molecular weight excluding hydrogens is 456 g/mol. The zero-order valence-corrected chi connectivity index (χ0v) is 19.0. The Morgan fingerprint density at radius 3 is 2.48 bits per heavy atom. The number of hydrogen-bond acceptors (Lipinski definition) is 4. The fourth-order valence-corrected chi connectivity index (χ4v) is 5.64. The zero-order chi connectivity index (χ0) is 21.9. The number of benzene rings is 2. The van der Waals surface area contributed by atoms with Crippen LogP contribution >= 0.6 is 15.9 Å². The van der Waals surface area contributed by atoms with Crippen LogP contribution in [0.2, 0.25) is 0 Å². The minimum Gasteiger partial charge on any atom is -0.352 e. The molecule has 6 heteroatoms. The third-order valence-electron chi connectivity index (χ3n) is 6.86. The van der Waals surface area contributed by atoms with Gasteiger partial charge in [-0.2, -0.15) is 0 Å². The highest BCUT2D eigenvalue weighted by molar-refractivity contribution is 9.10. The standard InChI is InChI=1S/C25H23BrN2O3/c1-3-14(2)27-24(30)20-19-11-9-16-13-17(26)10-12-18(16)28(19)22(21(20)25(27)31)23(29)15-7-5-4-6-8-15/h4-14,19-22H,3H2,1-2H3. The third-order valence-corrected chi connectivity index (χ3v) is 7.35. The quantitative estimate of drug-likeness (QED) is 0.485. The van der Waals surface area contributed by atoms with Crippen molar-refractivity contribution >= 4 is 45.3 Å². The lowest BCUT2D eigenvalue weighted by Gasteiger charge is -2.37. The normalized spacial score (nSPS) is 27.2. The van der Waals surface area contributed by atoms with Crippen LogP contribution in [0.3, 0.4) is 0 Å². The van der Waals surface area contributed by atoms with Gasteiger partial charge in [-0.05, 0) is 37.1 Å². The molecule has 2 amide bonds. The smallest absolute Gasteiger partial charge is 0.236 e. The minimum absolute atomic E-state index is 0.116. The van der Waals surface area contributed by atoms with Gasteiger partial charge in [0.05, 0.1) is 17.9 Å². The molecule has 0 radical (unpaired) electrons. The Morgan fingerprint density at radius 2 is 1.77 bits per heavy atom. The molecule has 3 aliphatic rings. The van der Waals surface area contributed by atoms with Crippen molar-refractivity contribution in [1.82, 2.24) is 4.90 Å². The van der Waals surface area contributed by atoms with Crippen molar-refractivity contribution in [1.29, 1.82) is 0 Å². The van der Waals surface area contributed by atoms with Crippen molar-refractivity contribution < 1.29 is 14.4 Å². The Bertz CT molecular complexity index is 1110. The predicted molar refractivity (Wildman–Crippen MR) is 123 cm³/mol. The number of rotatable bonds is 4. The number of hydrogen-bond donors (Lipinski definition) is 0. The van der Waals surface area contributed by atoms with Crippen LogP contribution in [-0.4, -0.2) is 40.6 Å². The zero-order valence-electron chi connectivity index (χ0n) is 17.4. The number of likely N-dealkylation sites (tertiary alicyclic amines) is 1. The highest BCUT2D eigenvalue weighted by atomic mass is 79.9. The van der Waals surface area contributed by atoms with E-state index in [1.165, 1.54) is 4.90 Å². The van der Waals surface area contributed by atoms with Crippen LogP contribution in [0, 0.1) is 11.8 Å². The molecule has 0 N–H and O–H groups in total. The largest absolute Gasteiger partial charge is 0.352 e. The fourth-order valence-electron chi connectivity index (χ4n) is 5.26. The number of carbonyl (C=O) groups is 3. The summed E-state index contributed by atoms with van der Waals surface area (Å²) in [7, 11) is 0. The Kier molecular flexibility index (Phi) is 4.85. The van der Waals surface area contributed by atoms with Gasteiger partial charge in [0.2, 0.25) is 11.8 Å². The highest BCUT2D eigenvalue weighted by Crippen LogP contribution is 2.49. The summed E-state index contributed by atoms with van der Waals surface area (Å²) in [5, 5.41) is 0. The number of imide groups is 1. The predicted octanol–water partition coefficient (Wildman–Crippen LogP) is 4.32. The first-order valence-electron chi connectivity index (χ1n) is 10.7. The summed E-state index contributed by atoms with van der Waals surface area (Å²) >= 11 is 3.51. The molecule has 2 fully saturated rings. The number of halogens is 1. The molecule has 0 aromatic heterocycles. The van der Waals surface area contributed by atoms with E-state index in [4.69, 9.17) is 0 Å². The minimum atomic E-state index is -0.715. The monoisotopic (exact) mass is 478 g/mol. The molecule has 2 aromatic carbocycles. The molecule has 0 bridgehead atoms. The summed E-state index contributed by atoms with van der Waals surface area (Å²) < 4.78 is 0.940. The Hall–Kier alpha value is -2.73. The lowest BCUT2D eigenvalue weighted by molar-refractivity contribution is -0.142. The van der Waals surface area contributed by atoms with Gasteiger partial charge in [-0.1, -0.05) is 65.3 Å². The Labute approximate surface area is 189 Å². The molecule has 5 rings (SSSR count). The van der Waals surface area contributed by atoms with E-state index in [0.717, 1.165) is 15.7 Å². The first-order valence-corrected chi connectivity index (χ1v) is 11.5. The van der Waals surface area contributed by atoms with E-state index < -0.39 is 17.9 Å². The van der Waals surface area contributed by atoms with Crippen molar-refractivity contribution in [3.63, 3.8) is 0 Å². The molecule has 0 saturated carbocycles. The van der Waals surface area contributed by atoms with Gasteiger partial charge in [0, 0.05) is 21.8 Å². The maximum Gasteiger partial charge on any atom is 0.236 e. The van der Waals surface area contributed by atoms with Crippen molar-refractivity contribution in [2.45, 2.75) is 38.4 Å². The van der Waals surface area contributed by atoms with Gasteiger partial charge in [0.15, 0.2) is 5.78 Å². The van der Waals surface area contributed by atoms with Crippen LogP contribution in [0.15, 0.2) is 59.1 Å². The van der Waals surface area contributed by atoms with Crippen LogP contribution in [-0.2, 0) is 9.59 Å². The van der Waals surface area contributed by atoms with E-state index in [1.807, 2.05) is 67.3 Å². The summed E-state index contributed by atoms with van der Waals surface area (Å²) in [6.45, 7) is 3.86. The topological polar surface area (TPSA) is 57.7 Å². The molecular formula is C25H23BrN2O3. The molecule has 2 aromatic rings. The van der Waals surface area contributed by atoms with Gasteiger partial charge in [-0.15, -0.1) is 0 Å². The van der Waals surface area contributed by atoms with Gasteiger partial charge in [0.1, 0.15) is 6.04 Å². The first-order chi connectivity index (χ1) is 14.9. The number of Topliss-reactive ketones (excluding diaryl/α,β-unsaturated/α-hetero) is 1. The van der Waals surface area contributed by atoms with Gasteiger partial charge in [-0.25, -0.2) is 0 Å². The van der Waals surface area contributed by atoms with Gasteiger partial charge < -0.3 is 4.90 Å². The van der Waals surface area contributed by atoms with Crippen LogP contribution in [0.25, 0.3) is 6.08 Å². The first kappa shape index (κ1) is 20.2. The lowest BCUT2D eigenvalue weighted by Crippen LogP contribution is -2.50. The SMILES string of the molecule is CCC(C)N1C(=O)C2C(C1=O)C(C(=O)c1ccccc1)N1c3ccc(Br)cc3C=CC21. The maximum atomic E-state index is 13.8. The van der Waals surface area contributed by atoms with E-state index in [1.54, 1.807) is 12.1 Å². The van der Waals surface area contributed by atoms with Crippen LogP contribution in [0.1, 0.15) is 36.2 Å². The molecule has 5 nitrogen and oxygen atoms in total. The van der Waals surface area contributed by atoms with Crippen molar-refractivity contribution in [3.05, 3.63) is 70.2 Å². The molecule has 3 aliphatic heterocycles. The number of ketones is 1. The van der Waals surface area contributed by atoms with Crippen LogP contribution in [0.4, 0.5) is 5.69 Å². The Morgan fingerprint density at radius 1 is 1.06 bits per heavy atom. The molecule has 2 saturated heterocycles. The van der Waals surface area contributed by atoms with Crippen LogP contribution < -0.4 is 4.90 Å².